The summed E-state index contributed by atoms with van der Waals surface area (Å²) in [7, 11) is 0. The van der Waals surface area contributed by atoms with Gasteiger partial charge in [0, 0.05) is 0 Å². The minimum Gasteiger partial charge on any atom is -0.483 e. The molecular formula is C20H30O5. The third-order valence-corrected chi connectivity index (χ3v) is 8.04. The fourth-order valence-corrected chi connectivity index (χ4v) is 7.17. The summed E-state index contributed by atoms with van der Waals surface area (Å²) in [5.74, 6) is 0.742. The van der Waals surface area contributed by atoms with Crippen LogP contribution in [-0.4, -0.2) is 33.9 Å². The van der Waals surface area contributed by atoms with E-state index in [0.717, 1.165) is 25.7 Å². The van der Waals surface area contributed by atoms with E-state index >= 15 is 0 Å². The van der Waals surface area contributed by atoms with Crippen LogP contribution in [0.15, 0.2) is 12.2 Å². The maximum Gasteiger partial charge on any atom is 0.307 e. The molecule has 7 atom stereocenters. The van der Waals surface area contributed by atoms with E-state index in [0.29, 0.717) is 17.8 Å². The van der Waals surface area contributed by atoms with Crippen LogP contribution in [0.3, 0.4) is 0 Å². The lowest BCUT2D eigenvalue weighted by Gasteiger charge is -2.47. The summed E-state index contributed by atoms with van der Waals surface area (Å²) in [5, 5.41) is 27.5. The fraction of sp³-hybridized carbons (Fsp3) is 0.800. The van der Waals surface area contributed by atoms with Gasteiger partial charge in [0.05, 0.1) is 12.0 Å². The number of aliphatic hydroxyl groups is 1. The number of aliphatic hydroxyl groups excluding tert-OH is 1. The number of carboxylic acid groups (broad SMARTS) is 2. The molecule has 5 nitrogen and oxygen atoms in total. The normalized spacial score (nSPS) is 46.4. The molecule has 4 fully saturated rings. The van der Waals surface area contributed by atoms with Gasteiger partial charge in [-0.3, -0.25) is 9.59 Å². The molecule has 0 saturated heterocycles. The average Bonchev–Trinajstić information content (AvgIpc) is 2.96. The van der Waals surface area contributed by atoms with Crippen LogP contribution in [0, 0.1) is 40.4 Å². The van der Waals surface area contributed by atoms with Gasteiger partial charge in [0.2, 0.25) is 0 Å². The molecule has 0 aromatic rings. The van der Waals surface area contributed by atoms with E-state index in [1.807, 2.05) is 0 Å². The first-order chi connectivity index (χ1) is 11.7. The van der Waals surface area contributed by atoms with Crippen molar-refractivity contribution in [2.24, 2.45) is 40.4 Å². The van der Waals surface area contributed by atoms with Crippen molar-refractivity contribution in [1.29, 1.82) is 0 Å². The molecule has 3 N–H and O–H groups in total. The second kappa shape index (κ2) is 6.11. The van der Waals surface area contributed by atoms with Gasteiger partial charge < -0.3 is 15.3 Å². The molecular weight excluding hydrogens is 320 g/mol. The first kappa shape index (κ1) is 18.4. The minimum absolute atomic E-state index is 0.0670. The van der Waals surface area contributed by atoms with Crippen molar-refractivity contribution < 1.29 is 24.9 Å². The zero-order chi connectivity index (χ0) is 18.6. The molecule has 1 spiro atoms. The third kappa shape index (κ3) is 2.46. The minimum atomic E-state index is -0.630. The number of allylic oxidation sites excluding steroid dienone is 1. The number of carboxylic acids is 1. The van der Waals surface area contributed by atoms with Gasteiger partial charge in [-0.1, -0.05) is 26.0 Å². The lowest BCUT2D eigenvalue weighted by molar-refractivity contribution is -0.154. The standard InChI is InChI=1S/C19H28O3.CH2O2/c1-10-8-19-9-11(10)4-6-13(19)12-5-7-14(20)18(2,3)15(12)16(19)17(21)22;2-1-3/h11-16,20H,1,4-9H2,2-3H3,(H,21,22);1H,(H,2,3)/t11-,12?,13+,14+,15?,16-,19+;/m1./s1. The zero-order valence-corrected chi connectivity index (χ0v) is 15.1. The molecule has 0 amide bonds. The van der Waals surface area contributed by atoms with Gasteiger partial charge in [-0.2, -0.15) is 0 Å². The van der Waals surface area contributed by atoms with Crippen LogP contribution >= 0.6 is 0 Å². The van der Waals surface area contributed by atoms with Gasteiger partial charge in [-0.25, -0.2) is 0 Å². The molecule has 0 radical (unpaired) electrons. The number of carbonyl (C=O) groups is 2. The molecule has 2 unspecified atom stereocenters. The van der Waals surface area contributed by atoms with E-state index < -0.39 is 5.97 Å². The van der Waals surface area contributed by atoms with E-state index in [-0.39, 0.29) is 35.2 Å². The van der Waals surface area contributed by atoms with Crippen LogP contribution in [0.25, 0.3) is 0 Å². The summed E-state index contributed by atoms with van der Waals surface area (Å²) in [5.41, 5.74) is 0.936. The molecule has 5 heteroatoms. The summed E-state index contributed by atoms with van der Waals surface area (Å²) in [6.45, 7) is 8.22. The predicted molar refractivity (Wildman–Crippen MR) is 92.8 cm³/mol. The molecule has 140 valence electrons. The number of hydrogen-bond donors (Lipinski definition) is 3. The monoisotopic (exact) mass is 350 g/mol. The molecule has 25 heavy (non-hydrogen) atoms. The number of rotatable bonds is 1. The Kier molecular flexibility index (Phi) is 4.51. The number of aliphatic carboxylic acids is 1. The maximum absolute atomic E-state index is 12.3. The quantitative estimate of drug-likeness (QED) is 0.499. The Morgan fingerprint density at radius 3 is 2.48 bits per heavy atom. The highest BCUT2D eigenvalue weighted by Crippen LogP contribution is 2.73. The van der Waals surface area contributed by atoms with Gasteiger partial charge in [0.25, 0.3) is 6.47 Å². The SMILES string of the molecule is C=C1C[C@]23C[C@H]1CC[C@H]2C1CC[C@H](O)C(C)(C)C1[C@@H]3C(=O)O.O=CO. The first-order valence-corrected chi connectivity index (χ1v) is 9.37. The lowest BCUT2D eigenvalue weighted by Crippen LogP contribution is -2.48. The Morgan fingerprint density at radius 1 is 1.24 bits per heavy atom. The molecule has 2 bridgehead atoms. The Hall–Kier alpha value is -1.36. The zero-order valence-electron chi connectivity index (χ0n) is 15.1. The molecule has 0 aromatic heterocycles. The van der Waals surface area contributed by atoms with Crippen LogP contribution in [0.2, 0.25) is 0 Å². The molecule has 4 rings (SSSR count). The maximum atomic E-state index is 12.3. The highest BCUT2D eigenvalue weighted by Gasteiger charge is 2.70. The Labute approximate surface area is 149 Å². The van der Waals surface area contributed by atoms with Crippen molar-refractivity contribution in [2.75, 3.05) is 0 Å². The number of hydrogen-bond acceptors (Lipinski definition) is 3. The lowest BCUT2D eigenvalue weighted by atomic mass is 9.59. The molecule has 4 saturated carbocycles. The van der Waals surface area contributed by atoms with E-state index in [1.165, 1.54) is 18.4 Å². The van der Waals surface area contributed by atoms with Crippen LogP contribution in [0.4, 0.5) is 0 Å². The van der Waals surface area contributed by atoms with Gasteiger partial charge in [0.1, 0.15) is 0 Å². The Bertz CT molecular complexity index is 583. The van der Waals surface area contributed by atoms with E-state index in [4.69, 9.17) is 9.90 Å². The highest BCUT2D eigenvalue weighted by atomic mass is 16.4. The average molecular weight is 350 g/mol. The van der Waals surface area contributed by atoms with E-state index in [9.17, 15) is 15.0 Å². The van der Waals surface area contributed by atoms with Gasteiger partial charge in [0.15, 0.2) is 0 Å². The first-order valence-electron chi connectivity index (χ1n) is 9.37. The Balaban J connectivity index is 0.000000569. The fourth-order valence-electron chi connectivity index (χ4n) is 7.17. The Morgan fingerprint density at radius 2 is 1.88 bits per heavy atom. The van der Waals surface area contributed by atoms with Crippen molar-refractivity contribution in [3.8, 4) is 0 Å². The van der Waals surface area contributed by atoms with Crippen LogP contribution in [0.1, 0.15) is 52.4 Å². The summed E-state index contributed by atoms with van der Waals surface area (Å²) in [4.78, 5) is 20.6. The van der Waals surface area contributed by atoms with Crippen molar-refractivity contribution >= 4 is 12.4 Å². The molecule has 4 aliphatic carbocycles. The second-order valence-corrected chi connectivity index (χ2v) is 9.18. The predicted octanol–water partition coefficient (Wildman–Crippen LogP) is 3.18. The third-order valence-electron chi connectivity index (χ3n) is 8.04. The summed E-state index contributed by atoms with van der Waals surface area (Å²) >= 11 is 0. The molecule has 0 aliphatic heterocycles. The van der Waals surface area contributed by atoms with Crippen molar-refractivity contribution in [3.05, 3.63) is 12.2 Å². The van der Waals surface area contributed by atoms with Gasteiger partial charge in [-0.15, -0.1) is 0 Å². The van der Waals surface area contributed by atoms with E-state index in [1.54, 1.807) is 0 Å². The molecule has 4 aliphatic rings. The van der Waals surface area contributed by atoms with Gasteiger partial charge in [-0.05, 0) is 73.0 Å². The second-order valence-electron chi connectivity index (χ2n) is 9.18. The molecule has 0 aromatic carbocycles. The largest absolute Gasteiger partial charge is 0.483 e. The van der Waals surface area contributed by atoms with Gasteiger partial charge >= 0.3 is 5.97 Å². The van der Waals surface area contributed by atoms with Crippen molar-refractivity contribution in [1.82, 2.24) is 0 Å². The molecule has 0 heterocycles. The summed E-state index contributed by atoms with van der Waals surface area (Å²) in [6.07, 6.45) is 5.78. The summed E-state index contributed by atoms with van der Waals surface area (Å²) < 4.78 is 0. The summed E-state index contributed by atoms with van der Waals surface area (Å²) in [6, 6.07) is 0. The highest BCUT2D eigenvalue weighted by molar-refractivity contribution is 5.73. The van der Waals surface area contributed by atoms with Crippen LogP contribution in [0.5, 0.6) is 0 Å². The van der Waals surface area contributed by atoms with Crippen LogP contribution in [-0.2, 0) is 9.59 Å². The van der Waals surface area contributed by atoms with E-state index in [2.05, 4.69) is 20.4 Å². The topological polar surface area (TPSA) is 94.8 Å². The smallest absolute Gasteiger partial charge is 0.307 e. The van der Waals surface area contributed by atoms with Crippen LogP contribution < -0.4 is 0 Å². The number of fused-ring (bicyclic) bond motifs is 3. The van der Waals surface area contributed by atoms with Crippen molar-refractivity contribution in [3.63, 3.8) is 0 Å². The van der Waals surface area contributed by atoms with Crippen molar-refractivity contribution in [2.45, 2.75) is 58.5 Å².